The summed E-state index contributed by atoms with van der Waals surface area (Å²) in [6, 6.07) is 2.86. The second-order valence-corrected chi connectivity index (χ2v) is 16.3. The van der Waals surface area contributed by atoms with E-state index in [0.717, 1.165) is 17.7 Å². The van der Waals surface area contributed by atoms with Crippen LogP contribution in [-0.4, -0.2) is 73.1 Å². The Labute approximate surface area is 268 Å². The third-order valence-corrected chi connectivity index (χ3v) is 12.3. The molecule has 0 spiro atoms. The molecule has 1 saturated carbocycles. The molecule has 46 heavy (non-hydrogen) atoms. The Morgan fingerprint density at radius 3 is 2.37 bits per heavy atom. The van der Waals surface area contributed by atoms with Crippen molar-refractivity contribution < 1.29 is 31.2 Å². The van der Waals surface area contributed by atoms with Gasteiger partial charge in [0.05, 0.1) is 27.6 Å². The molecule has 2 amide bonds. The molecule has 9 nitrogen and oxygen atoms in total. The van der Waals surface area contributed by atoms with Gasteiger partial charge in [-0.15, -0.1) is 0 Å². The first-order valence-corrected chi connectivity index (χ1v) is 18.1. The zero-order valence-electron chi connectivity index (χ0n) is 26.6. The van der Waals surface area contributed by atoms with Crippen LogP contribution in [0, 0.1) is 11.2 Å². The maximum atomic E-state index is 15.7. The van der Waals surface area contributed by atoms with Crippen LogP contribution in [0.4, 0.5) is 18.9 Å². The number of carbonyl (C=O) groups is 2. The second-order valence-electron chi connectivity index (χ2n) is 14.4. The van der Waals surface area contributed by atoms with Gasteiger partial charge in [-0.25, -0.2) is 21.6 Å². The molecule has 2 aliphatic heterocycles. The Bertz CT molecular complexity index is 1640. The predicted octanol–water partition coefficient (Wildman–Crippen LogP) is 4.52. The number of hydrogen-bond donors (Lipinski definition) is 3. The summed E-state index contributed by atoms with van der Waals surface area (Å²) in [4.78, 5) is 27.3. The van der Waals surface area contributed by atoms with Gasteiger partial charge in [0.1, 0.15) is 5.82 Å². The van der Waals surface area contributed by atoms with E-state index in [1.54, 1.807) is 6.07 Å². The maximum Gasteiger partial charge on any atom is 0.253 e. The summed E-state index contributed by atoms with van der Waals surface area (Å²) in [5, 5.41) is 6.41. The van der Waals surface area contributed by atoms with Crippen LogP contribution in [0.2, 0.25) is 0 Å². The van der Waals surface area contributed by atoms with E-state index >= 15 is 4.39 Å². The Morgan fingerprint density at radius 1 is 1.02 bits per heavy atom. The smallest absolute Gasteiger partial charge is 0.253 e. The van der Waals surface area contributed by atoms with Gasteiger partial charge in [0.25, 0.3) is 11.8 Å². The third-order valence-electron chi connectivity index (χ3n) is 10.1. The lowest BCUT2D eigenvalue weighted by Crippen LogP contribution is -2.43. The fraction of sp³-hybridized carbons (Fsp3) is 0.636. The highest BCUT2D eigenvalue weighted by atomic mass is 32.2. The molecule has 4 aliphatic rings. The molecule has 0 unspecified atom stereocenters. The fourth-order valence-electron chi connectivity index (χ4n) is 7.94. The number of likely N-dealkylation sites (tertiary alicyclic amines) is 1. The van der Waals surface area contributed by atoms with Gasteiger partial charge in [-0.05, 0) is 74.5 Å². The molecule has 2 aliphatic carbocycles. The fourth-order valence-corrected chi connectivity index (χ4v) is 10.3. The van der Waals surface area contributed by atoms with Crippen LogP contribution in [0.15, 0.2) is 17.0 Å². The van der Waals surface area contributed by atoms with Crippen molar-refractivity contribution >= 4 is 27.3 Å². The van der Waals surface area contributed by atoms with Crippen LogP contribution >= 0.6 is 0 Å². The van der Waals surface area contributed by atoms with Gasteiger partial charge in [-0.2, -0.15) is 0 Å². The van der Waals surface area contributed by atoms with Gasteiger partial charge >= 0.3 is 0 Å². The molecule has 2 fully saturated rings. The summed E-state index contributed by atoms with van der Waals surface area (Å²) in [5.41, 5.74) is 8.05. The largest absolute Gasteiger partial charge is 0.382 e. The van der Waals surface area contributed by atoms with E-state index in [9.17, 15) is 26.8 Å². The van der Waals surface area contributed by atoms with E-state index in [1.165, 1.54) is 6.07 Å². The molecular weight excluding hydrogens is 619 g/mol. The third kappa shape index (κ3) is 6.67. The van der Waals surface area contributed by atoms with Crippen molar-refractivity contribution in [2.45, 2.75) is 107 Å². The molecule has 0 bridgehead atoms. The number of sulfone groups is 1. The summed E-state index contributed by atoms with van der Waals surface area (Å²) < 4.78 is 71.3. The van der Waals surface area contributed by atoms with Gasteiger partial charge in [-0.3, -0.25) is 9.59 Å². The van der Waals surface area contributed by atoms with Crippen molar-refractivity contribution in [3.8, 4) is 5.69 Å². The number of hydrogen-bond acceptors (Lipinski definition) is 6. The van der Waals surface area contributed by atoms with E-state index < -0.39 is 32.9 Å². The number of nitrogens with two attached hydrogens (primary N) is 1. The lowest BCUT2D eigenvalue weighted by molar-refractivity contribution is -0.122. The Kier molecular flexibility index (Phi) is 8.71. The van der Waals surface area contributed by atoms with Gasteiger partial charge in [0.2, 0.25) is 5.91 Å². The number of aromatic nitrogens is 1. The minimum absolute atomic E-state index is 0.0331. The van der Waals surface area contributed by atoms with E-state index in [0.29, 0.717) is 80.9 Å². The standard InChI is InChI=1S/C33H44F3N5O4S/c1-32(2)18-27-30(46(44,45)19-32)23-4-3-5-26(23)41(27)22-16-24(34)29(31(37)43)25(17-22)38-20-6-8-21(9-7-20)39-28(42)10-13-40-14-11-33(35,36)12-15-40/h16-17,20-21,38H,3-15,18-19H2,1-2H3,(H2,37,43)(H,39,42)/t20-,21-. The Morgan fingerprint density at radius 2 is 1.70 bits per heavy atom. The number of halogens is 3. The maximum absolute atomic E-state index is 15.7. The van der Waals surface area contributed by atoms with Crippen molar-refractivity contribution in [1.29, 1.82) is 0 Å². The van der Waals surface area contributed by atoms with E-state index in [4.69, 9.17) is 5.73 Å². The van der Waals surface area contributed by atoms with Crippen LogP contribution in [0.5, 0.6) is 0 Å². The highest BCUT2D eigenvalue weighted by Crippen LogP contribution is 2.45. The summed E-state index contributed by atoms with van der Waals surface area (Å²) in [5.74, 6) is -4.31. The van der Waals surface area contributed by atoms with Crippen molar-refractivity contribution in [3.63, 3.8) is 0 Å². The first-order chi connectivity index (χ1) is 21.6. The van der Waals surface area contributed by atoms with E-state index in [2.05, 4.69) is 10.6 Å². The number of piperidine rings is 1. The minimum Gasteiger partial charge on any atom is -0.382 e. The number of rotatable bonds is 8. The molecule has 1 aromatic carbocycles. The first-order valence-electron chi connectivity index (χ1n) is 16.4. The SMILES string of the molecule is CC1(C)Cc2c(c3c(n2-c2cc(F)c(C(N)=O)c(N[C@H]4CC[C@H](NC(=O)CCN5CCC(F)(F)CC5)CC4)c2)CCC3)S(=O)(=O)C1. The van der Waals surface area contributed by atoms with E-state index in [-0.39, 0.29) is 54.3 Å². The average molecular weight is 664 g/mol. The first kappa shape index (κ1) is 32.9. The number of carbonyl (C=O) groups excluding carboxylic acids is 2. The molecular formula is C33H44F3N5O4S. The van der Waals surface area contributed by atoms with Gasteiger partial charge in [-0.1, -0.05) is 13.8 Å². The highest BCUT2D eigenvalue weighted by molar-refractivity contribution is 7.91. The number of nitrogens with zero attached hydrogens (tertiary/aromatic N) is 2. The Balaban J connectivity index is 1.16. The molecule has 1 saturated heterocycles. The van der Waals surface area contributed by atoms with Crippen LogP contribution in [-0.2, 0) is 33.9 Å². The summed E-state index contributed by atoms with van der Waals surface area (Å²) in [6.07, 6.45) is 5.28. The molecule has 6 rings (SSSR count). The quantitative estimate of drug-likeness (QED) is 0.382. The van der Waals surface area contributed by atoms with Crippen LogP contribution in [0.3, 0.4) is 0 Å². The van der Waals surface area contributed by atoms with Crippen molar-refractivity contribution in [2.75, 3.05) is 30.7 Å². The van der Waals surface area contributed by atoms with Crippen molar-refractivity contribution in [2.24, 2.45) is 11.1 Å². The van der Waals surface area contributed by atoms with Gasteiger partial charge in [0.15, 0.2) is 9.84 Å². The molecule has 13 heteroatoms. The summed E-state index contributed by atoms with van der Waals surface area (Å²) >= 11 is 0. The number of nitrogens with one attached hydrogen (secondary N) is 2. The second kappa shape index (κ2) is 12.2. The molecule has 0 radical (unpaired) electrons. The number of primary amides is 1. The predicted molar refractivity (Wildman–Crippen MR) is 169 cm³/mol. The lowest BCUT2D eigenvalue weighted by atomic mass is 9.89. The average Bonchev–Trinajstić information content (AvgIpc) is 3.52. The van der Waals surface area contributed by atoms with Crippen molar-refractivity contribution in [1.82, 2.24) is 14.8 Å². The summed E-state index contributed by atoms with van der Waals surface area (Å²) in [7, 11) is -3.52. The minimum atomic E-state index is -3.52. The number of fused-ring (bicyclic) bond motifs is 3. The van der Waals surface area contributed by atoms with Crippen LogP contribution in [0.1, 0.15) is 92.5 Å². The molecule has 1 aromatic heterocycles. The molecule has 0 atom stereocenters. The van der Waals surface area contributed by atoms with Crippen molar-refractivity contribution in [3.05, 3.63) is 40.5 Å². The number of amides is 2. The zero-order valence-corrected chi connectivity index (χ0v) is 27.4. The number of benzene rings is 1. The lowest BCUT2D eigenvalue weighted by Gasteiger charge is -2.33. The molecule has 4 N–H and O–H groups in total. The van der Waals surface area contributed by atoms with Crippen LogP contribution < -0.4 is 16.4 Å². The molecule has 252 valence electrons. The monoisotopic (exact) mass is 663 g/mol. The molecule has 3 heterocycles. The van der Waals surface area contributed by atoms with Crippen LogP contribution in [0.25, 0.3) is 5.69 Å². The summed E-state index contributed by atoms with van der Waals surface area (Å²) in [6.45, 7) is 4.89. The topological polar surface area (TPSA) is 127 Å². The molecule has 2 aromatic rings. The highest BCUT2D eigenvalue weighted by Gasteiger charge is 2.43. The van der Waals surface area contributed by atoms with E-state index in [1.807, 2.05) is 23.3 Å². The van der Waals surface area contributed by atoms with Gasteiger partial charge in [0, 0.05) is 62.4 Å². The zero-order chi connectivity index (χ0) is 33.0. The number of anilines is 1. The number of alkyl halides is 2. The van der Waals surface area contributed by atoms with Gasteiger partial charge < -0.3 is 25.8 Å². The normalized spacial score (nSPS) is 25.0. The Hall–Kier alpha value is -3.06.